The van der Waals surface area contributed by atoms with Crippen molar-refractivity contribution in [2.24, 2.45) is 11.8 Å². The molecule has 0 aromatic heterocycles. The zero-order valence-electron chi connectivity index (χ0n) is 11.9. The molecule has 1 aliphatic carbocycles. The van der Waals surface area contributed by atoms with Gasteiger partial charge in [-0.05, 0) is 30.9 Å². The number of hydrogen-bond acceptors (Lipinski definition) is 3. The highest BCUT2D eigenvalue weighted by atomic mass is 16.5. The Morgan fingerprint density at radius 2 is 1.74 bits per heavy atom. The predicted molar refractivity (Wildman–Crippen MR) is 75.0 cm³/mol. The van der Waals surface area contributed by atoms with Crippen LogP contribution in [0.1, 0.15) is 43.0 Å². The number of hydrogen-bond donors (Lipinski definition) is 0. The van der Waals surface area contributed by atoms with Gasteiger partial charge in [-0.1, -0.05) is 19.8 Å². The molecule has 0 saturated heterocycles. The minimum absolute atomic E-state index is 0.153. The first kappa shape index (κ1) is 13.9. The molecule has 0 amide bonds. The molecule has 1 fully saturated rings. The zero-order chi connectivity index (χ0) is 13.8. The summed E-state index contributed by atoms with van der Waals surface area (Å²) in [5.74, 6) is 2.37. The molecule has 2 unspecified atom stereocenters. The fourth-order valence-corrected chi connectivity index (χ4v) is 2.86. The highest BCUT2D eigenvalue weighted by Crippen LogP contribution is 2.32. The maximum Gasteiger partial charge on any atom is 0.166 e. The smallest absolute Gasteiger partial charge is 0.166 e. The van der Waals surface area contributed by atoms with E-state index in [0.717, 1.165) is 19.3 Å². The second-order valence-corrected chi connectivity index (χ2v) is 5.43. The minimum atomic E-state index is 0.153. The van der Waals surface area contributed by atoms with Gasteiger partial charge in [0.1, 0.15) is 11.5 Å². The van der Waals surface area contributed by atoms with Crippen LogP contribution in [-0.4, -0.2) is 20.0 Å². The van der Waals surface area contributed by atoms with Crippen molar-refractivity contribution in [3.05, 3.63) is 23.8 Å². The number of carbonyl (C=O) groups is 1. The van der Waals surface area contributed by atoms with Gasteiger partial charge in [-0.15, -0.1) is 0 Å². The Morgan fingerprint density at radius 1 is 1.11 bits per heavy atom. The molecule has 0 heterocycles. The van der Waals surface area contributed by atoms with Crippen LogP contribution in [0.2, 0.25) is 0 Å². The van der Waals surface area contributed by atoms with Crippen molar-refractivity contribution in [3.8, 4) is 11.5 Å². The average molecular weight is 262 g/mol. The first-order valence-corrected chi connectivity index (χ1v) is 6.91. The lowest BCUT2D eigenvalue weighted by molar-refractivity contribution is 0.0867. The Hall–Kier alpha value is -1.51. The van der Waals surface area contributed by atoms with Gasteiger partial charge in [0.2, 0.25) is 0 Å². The maximum absolute atomic E-state index is 12.6. The SMILES string of the molecule is COc1cc(OC)cc(C(=O)C2CCCC(C)C2)c1. The van der Waals surface area contributed by atoms with Crippen molar-refractivity contribution in [3.63, 3.8) is 0 Å². The van der Waals surface area contributed by atoms with Gasteiger partial charge in [-0.25, -0.2) is 0 Å². The van der Waals surface area contributed by atoms with E-state index in [2.05, 4.69) is 6.92 Å². The molecule has 2 atom stereocenters. The van der Waals surface area contributed by atoms with Crippen molar-refractivity contribution < 1.29 is 14.3 Å². The highest BCUT2D eigenvalue weighted by Gasteiger charge is 2.26. The lowest BCUT2D eigenvalue weighted by Crippen LogP contribution is -2.21. The van der Waals surface area contributed by atoms with Gasteiger partial charge in [0.25, 0.3) is 0 Å². The van der Waals surface area contributed by atoms with Gasteiger partial charge >= 0.3 is 0 Å². The summed E-state index contributed by atoms with van der Waals surface area (Å²) in [6.07, 6.45) is 4.39. The van der Waals surface area contributed by atoms with Gasteiger partial charge in [0, 0.05) is 17.5 Å². The summed E-state index contributed by atoms with van der Waals surface area (Å²) in [5.41, 5.74) is 0.704. The summed E-state index contributed by atoms with van der Waals surface area (Å²) < 4.78 is 10.4. The van der Waals surface area contributed by atoms with E-state index < -0.39 is 0 Å². The molecule has 1 saturated carbocycles. The average Bonchev–Trinajstić information content (AvgIpc) is 2.45. The molecule has 0 aliphatic heterocycles. The Balaban J connectivity index is 2.22. The lowest BCUT2D eigenvalue weighted by Gasteiger charge is -2.25. The third-order valence-electron chi connectivity index (χ3n) is 3.94. The molecule has 0 bridgehead atoms. The third-order valence-corrected chi connectivity index (χ3v) is 3.94. The molecule has 0 radical (unpaired) electrons. The third kappa shape index (κ3) is 3.28. The molecule has 19 heavy (non-hydrogen) atoms. The van der Waals surface area contributed by atoms with Crippen LogP contribution in [0.15, 0.2) is 18.2 Å². The van der Waals surface area contributed by atoms with Crippen molar-refractivity contribution >= 4 is 5.78 Å². The highest BCUT2D eigenvalue weighted by molar-refractivity contribution is 5.98. The summed E-state index contributed by atoms with van der Waals surface area (Å²) >= 11 is 0. The Bertz CT molecular complexity index is 431. The number of Topliss-reactive ketones (excluding diaryl/α,β-unsaturated/α-hetero) is 1. The van der Waals surface area contributed by atoms with Crippen molar-refractivity contribution in [1.29, 1.82) is 0 Å². The van der Waals surface area contributed by atoms with Gasteiger partial charge in [0.05, 0.1) is 14.2 Å². The second-order valence-electron chi connectivity index (χ2n) is 5.43. The lowest BCUT2D eigenvalue weighted by atomic mass is 9.79. The monoisotopic (exact) mass is 262 g/mol. The van der Waals surface area contributed by atoms with Gasteiger partial charge in [-0.3, -0.25) is 4.79 Å². The number of benzene rings is 1. The first-order valence-electron chi connectivity index (χ1n) is 6.91. The molecule has 3 heteroatoms. The number of rotatable bonds is 4. The van der Waals surface area contributed by atoms with E-state index in [1.54, 1.807) is 20.3 Å². The number of ketones is 1. The molecule has 3 nitrogen and oxygen atoms in total. The van der Waals surface area contributed by atoms with Crippen molar-refractivity contribution in [2.45, 2.75) is 32.6 Å². The summed E-state index contributed by atoms with van der Waals surface area (Å²) in [6, 6.07) is 5.41. The molecule has 2 rings (SSSR count). The van der Waals surface area contributed by atoms with Crippen LogP contribution in [-0.2, 0) is 0 Å². The van der Waals surface area contributed by atoms with Crippen LogP contribution >= 0.6 is 0 Å². The molecule has 104 valence electrons. The van der Waals surface area contributed by atoms with E-state index in [9.17, 15) is 4.79 Å². The maximum atomic E-state index is 12.6. The van der Waals surface area contributed by atoms with E-state index in [0.29, 0.717) is 23.0 Å². The van der Waals surface area contributed by atoms with Crippen LogP contribution in [0.5, 0.6) is 11.5 Å². The second kappa shape index (κ2) is 6.09. The Kier molecular flexibility index (Phi) is 4.46. The van der Waals surface area contributed by atoms with Crippen LogP contribution < -0.4 is 9.47 Å². The Morgan fingerprint density at radius 3 is 2.26 bits per heavy atom. The topological polar surface area (TPSA) is 35.5 Å². The molecule has 1 aromatic rings. The van der Waals surface area contributed by atoms with Crippen LogP contribution in [0.4, 0.5) is 0 Å². The van der Waals surface area contributed by atoms with Gasteiger partial charge in [0.15, 0.2) is 5.78 Å². The quantitative estimate of drug-likeness (QED) is 0.776. The molecular formula is C16H22O3. The molecule has 1 aliphatic rings. The normalized spacial score (nSPS) is 22.9. The fourth-order valence-electron chi connectivity index (χ4n) is 2.86. The first-order chi connectivity index (χ1) is 9.13. The molecule has 0 N–H and O–H groups in total. The van der Waals surface area contributed by atoms with E-state index in [-0.39, 0.29) is 11.7 Å². The molecule has 0 spiro atoms. The summed E-state index contributed by atoms with van der Waals surface area (Å²) in [5, 5.41) is 0. The number of carbonyl (C=O) groups excluding carboxylic acids is 1. The predicted octanol–water partition coefficient (Wildman–Crippen LogP) is 3.71. The van der Waals surface area contributed by atoms with Gasteiger partial charge in [-0.2, -0.15) is 0 Å². The van der Waals surface area contributed by atoms with Crippen LogP contribution in [0, 0.1) is 11.8 Å². The number of ether oxygens (including phenoxy) is 2. The van der Waals surface area contributed by atoms with Gasteiger partial charge < -0.3 is 9.47 Å². The van der Waals surface area contributed by atoms with E-state index in [1.165, 1.54) is 6.42 Å². The number of methoxy groups -OCH3 is 2. The standard InChI is InChI=1S/C16H22O3/c1-11-5-4-6-12(7-11)16(17)13-8-14(18-2)10-15(9-13)19-3/h8-12H,4-7H2,1-3H3. The molecular weight excluding hydrogens is 240 g/mol. The molecule has 1 aromatic carbocycles. The zero-order valence-corrected chi connectivity index (χ0v) is 11.9. The van der Waals surface area contributed by atoms with Crippen LogP contribution in [0.25, 0.3) is 0 Å². The summed E-state index contributed by atoms with van der Waals surface area (Å²) in [6.45, 7) is 2.23. The Labute approximate surface area is 114 Å². The minimum Gasteiger partial charge on any atom is -0.497 e. The van der Waals surface area contributed by atoms with E-state index in [1.807, 2.05) is 12.1 Å². The van der Waals surface area contributed by atoms with Crippen LogP contribution in [0.3, 0.4) is 0 Å². The fraction of sp³-hybridized carbons (Fsp3) is 0.562. The van der Waals surface area contributed by atoms with Crippen molar-refractivity contribution in [2.75, 3.05) is 14.2 Å². The summed E-state index contributed by atoms with van der Waals surface area (Å²) in [7, 11) is 3.21. The summed E-state index contributed by atoms with van der Waals surface area (Å²) in [4.78, 5) is 12.6. The largest absolute Gasteiger partial charge is 0.497 e. The van der Waals surface area contributed by atoms with Crippen molar-refractivity contribution in [1.82, 2.24) is 0 Å². The van der Waals surface area contributed by atoms with E-state index >= 15 is 0 Å². The van der Waals surface area contributed by atoms with E-state index in [4.69, 9.17) is 9.47 Å².